The van der Waals surface area contributed by atoms with Gasteiger partial charge in [-0.05, 0) is 52.7 Å². The molecule has 0 N–H and O–H groups in total. The van der Waals surface area contributed by atoms with Gasteiger partial charge in [0.25, 0.3) is 0 Å². The van der Waals surface area contributed by atoms with Crippen molar-refractivity contribution in [2.75, 3.05) is 0 Å². The molecule has 9 aromatic rings. The quantitative estimate of drug-likeness (QED) is 0.219. The standard InChI is InChI=1S/C34H20N6O/c1-2-5-21(6-3-1)24-7-4-8-27-25-11-9-22(17-28(25)32-36-13-15-39(32)31(24)27)41-23-10-12-26-29(18-23)33-37-14-16-40(33)34-30(26)19-35-20-38-34/h1-20H. The van der Waals surface area contributed by atoms with E-state index in [4.69, 9.17) is 9.72 Å². The second-order valence-corrected chi connectivity index (χ2v) is 10.1. The molecule has 0 aliphatic heterocycles. The maximum Gasteiger partial charge on any atom is 0.149 e. The Morgan fingerprint density at radius 1 is 0.537 bits per heavy atom. The van der Waals surface area contributed by atoms with Crippen molar-refractivity contribution in [1.29, 1.82) is 0 Å². The summed E-state index contributed by atoms with van der Waals surface area (Å²) in [6.07, 6.45) is 11.0. The van der Waals surface area contributed by atoms with Gasteiger partial charge in [-0.25, -0.2) is 19.9 Å². The fourth-order valence-electron chi connectivity index (χ4n) is 6.08. The molecule has 0 aliphatic rings. The summed E-state index contributed by atoms with van der Waals surface area (Å²) in [6, 6.07) is 29.3. The summed E-state index contributed by atoms with van der Waals surface area (Å²) in [5.74, 6) is 1.47. The number of pyridine rings is 2. The average Bonchev–Trinajstić information content (AvgIpc) is 3.73. The van der Waals surface area contributed by atoms with E-state index in [0.29, 0.717) is 0 Å². The summed E-state index contributed by atoms with van der Waals surface area (Å²) in [4.78, 5) is 18.1. The Bertz CT molecular complexity index is 2460. The molecule has 0 spiro atoms. The van der Waals surface area contributed by atoms with Crippen molar-refractivity contribution < 1.29 is 4.74 Å². The van der Waals surface area contributed by atoms with E-state index in [9.17, 15) is 0 Å². The molecule has 9 rings (SSSR count). The second kappa shape index (κ2) is 8.34. The van der Waals surface area contributed by atoms with Gasteiger partial charge in [0.15, 0.2) is 0 Å². The average molecular weight is 529 g/mol. The number of nitrogens with zero attached hydrogens (tertiary/aromatic N) is 6. The first-order chi connectivity index (χ1) is 20.3. The van der Waals surface area contributed by atoms with Gasteiger partial charge in [0.1, 0.15) is 34.8 Å². The topological polar surface area (TPSA) is 69.6 Å². The third-order valence-corrected chi connectivity index (χ3v) is 7.84. The number of rotatable bonds is 3. The van der Waals surface area contributed by atoms with E-state index < -0.39 is 0 Å². The van der Waals surface area contributed by atoms with E-state index in [-0.39, 0.29) is 0 Å². The number of ether oxygens (including phenoxy) is 1. The van der Waals surface area contributed by atoms with Crippen molar-refractivity contribution in [1.82, 2.24) is 28.7 Å². The van der Waals surface area contributed by atoms with Crippen LogP contribution >= 0.6 is 0 Å². The minimum absolute atomic E-state index is 0.726. The Morgan fingerprint density at radius 2 is 1.22 bits per heavy atom. The molecule has 0 bridgehead atoms. The third-order valence-electron chi connectivity index (χ3n) is 7.84. The zero-order valence-corrected chi connectivity index (χ0v) is 21.6. The molecule has 0 unspecified atom stereocenters. The SMILES string of the molecule is c1ccc(-c2cccc3c4ccc(Oc5ccc6c7cncnc7n7ccnc7c6c5)cc4c4nccn4c23)cc1. The van der Waals surface area contributed by atoms with Crippen LogP contribution in [-0.2, 0) is 0 Å². The van der Waals surface area contributed by atoms with E-state index in [1.54, 1.807) is 12.5 Å². The Kier molecular flexibility index (Phi) is 4.48. The number of imidazole rings is 2. The van der Waals surface area contributed by atoms with Gasteiger partial charge >= 0.3 is 0 Å². The van der Waals surface area contributed by atoms with E-state index in [1.165, 1.54) is 16.5 Å². The highest BCUT2D eigenvalue weighted by atomic mass is 16.5. The first-order valence-corrected chi connectivity index (χ1v) is 13.4. The van der Waals surface area contributed by atoms with Crippen LogP contribution in [0.4, 0.5) is 0 Å². The van der Waals surface area contributed by atoms with E-state index in [2.05, 4.69) is 80.0 Å². The molecule has 4 aromatic carbocycles. The Labute approximate surface area is 233 Å². The van der Waals surface area contributed by atoms with Gasteiger partial charge in [0.2, 0.25) is 0 Å². The number of aromatic nitrogens is 6. The smallest absolute Gasteiger partial charge is 0.149 e. The minimum Gasteiger partial charge on any atom is -0.457 e. The first kappa shape index (κ1) is 22.0. The number of benzene rings is 4. The maximum absolute atomic E-state index is 6.46. The normalized spacial score (nSPS) is 11.9. The van der Waals surface area contributed by atoms with Crippen LogP contribution in [-0.4, -0.2) is 28.7 Å². The zero-order valence-electron chi connectivity index (χ0n) is 21.6. The van der Waals surface area contributed by atoms with Gasteiger partial charge in [0, 0.05) is 58.1 Å². The lowest BCUT2D eigenvalue weighted by molar-refractivity contribution is 0.484. The summed E-state index contributed by atoms with van der Waals surface area (Å²) in [7, 11) is 0. The monoisotopic (exact) mass is 528 g/mol. The molecule has 0 saturated heterocycles. The van der Waals surface area contributed by atoms with Crippen molar-refractivity contribution in [2.24, 2.45) is 0 Å². The van der Waals surface area contributed by atoms with Crippen LogP contribution in [0.1, 0.15) is 0 Å². The van der Waals surface area contributed by atoms with Crippen LogP contribution in [0.5, 0.6) is 11.5 Å². The van der Waals surface area contributed by atoms with Crippen LogP contribution < -0.4 is 4.74 Å². The molecule has 5 heterocycles. The molecular weight excluding hydrogens is 508 g/mol. The van der Waals surface area contributed by atoms with Gasteiger partial charge in [-0.2, -0.15) is 0 Å². The van der Waals surface area contributed by atoms with Crippen LogP contribution in [0, 0.1) is 0 Å². The zero-order chi connectivity index (χ0) is 26.9. The molecule has 5 aromatic heterocycles. The Hall–Kier alpha value is -5.82. The van der Waals surface area contributed by atoms with Gasteiger partial charge in [-0.3, -0.25) is 8.80 Å². The Morgan fingerprint density at radius 3 is 2.00 bits per heavy atom. The van der Waals surface area contributed by atoms with Gasteiger partial charge in [0.05, 0.1) is 5.52 Å². The predicted molar refractivity (Wildman–Crippen MR) is 162 cm³/mol. The molecule has 0 aliphatic carbocycles. The van der Waals surface area contributed by atoms with Gasteiger partial charge < -0.3 is 4.74 Å². The summed E-state index contributed by atoms with van der Waals surface area (Å²) in [5.41, 5.74) is 6.04. The maximum atomic E-state index is 6.46. The first-order valence-electron chi connectivity index (χ1n) is 13.4. The lowest BCUT2D eigenvalue weighted by atomic mass is 9.98. The Balaban J connectivity index is 1.21. The van der Waals surface area contributed by atoms with Crippen LogP contribution in [0.2, 0.25) is 0 Å². The molecule has 0 amide bonds. The third kappa shape index (κ3) is 3.20. The highest BCUT2D eigenvalue weighted by Crippen LogP contribution is 2.38. The second-order valence-electron chi connectivity index (χ2n) is 10.1. The number of hydrogen-bond donors (Lipinski definition) is 0. The van der Waals surface area contributed by atoms with Crippen LogP contribution in [0.25, 0.3) is 65.9 Å². The highest BCUT2D eigenvalue weighted by molar-refractivity contribution is 6.15. The molecule has 0 saturated carbocycles. The number of hydrogen-bond acceptors (Lipinski definition) is 5. The molecule has 0 radical (unpaired) electrons. The van der Waals surface area contributed by atoms with Gasteiger partial charge in [-0.1, -0.05) is 48.5 Å². The number of fused-ring (bicyclic) bond motifs is 12. The lowest BCUT2D eigenvalue weighted by Gasteiger charge is -2.14. The molecule has 0 atom stereocenters. The van der Waals surface area contributed by atoms with E-state index >= 15 is 0 Å². The molecule has 7 nitrogen and oxygen atoms in total. The largest absolute Gasteiger partial charge is 0.457 e. The molecule has 41 heavy (non-hydrogen) atoms. The molecule has 7 heteroatoms. The summed E-state index contributed by atoms with van der Waals surface area (Å²) in [5, 5.41) is 6.31. The van der Waals surface area contributed by atoms with E-state index in [1.807, 2.05) is 53.5 Å². The highest BCUT2D eigenvalue weighted by Gasteiger charge is 2.15. The van der Waals surface area contributed by atoms with Crippen LogP contribution in [0.15, 0.2) is 122 Å². The molecular formula is C34H20N6O. The van der Waals surface area contributed by atoms with Crippen molar-refractivity contribution in [2.45, 2.75) is 0 Å². The minimum atomic E-state index is 0.726. The van der Waals surface area contributed by atoms with Crippen LogP contribution in [0.3, 0.4) is 0 Å². The number of para-hydroxylation sites is 1. The van der Waals surface area contributed by atoms with Crippen molar-refractivity contribution in [3.05, 3.63) is 122 Å². The van der Waals surface area contributed by atoms with Crippen molar-refractivity contribution in [3.63, 3.8) is 0 Å². The summed E-state index contributed by atoms with van der Waals surface area (Å²) >= 11 is 0. The predicted octanol–water partition coefficient (Wildman–Crippen LogP) is 7.84. The van der Waals surface area contributed by atoms with Crippen molar-refractivity contribution >= 4 is 54.8 Å². The van der Waals surface area contributed by atoms with Gasteiger partial charge in [-0.15, -0.1) is 0 Å². The fourth-order valence-corrected chi connectivity index (χ4v) is 6.08. The lowest BCUT2D eigenvalue weighted by Crippen LogP contribution is -1.95. The summed E-state index contributed by atoms with van der Waals surface area (Å²) < 4.78 is 10.6. The van der Waals surface area contributed by atoms with Crippen molar-refractivity contribution in [3.8, 4) is 22.6 Å². The molecule has 0 fully saturated rings. The molecule has 192 valence electrons. The van der Waals surface area contributed by atoms with E-state index in [0.717, 1.165) is 60.9 Å². The fraction of sp³-hybridized carbons (Fsp3) is 0. The summed E-state index contributed by atoms with van der Waals surface area (Å²) in [6.45, 7) is 0.